The van der Waals surface area contributed by atoms with Crippen LogP contribution in [0.4, 0.5) is 0 Å². The first-order chi connectivity index (χ1) is 8.63. The zero-order chi connectivity index (χ0) is 13.4. The number of benzene rings is 1. The van der Waals surface area contributed by atoms with Crippen molar-refractivity contribution >= 4 is 5.97 Å². The average molecular weight is 252 g/mol. The van der Waals surface area contributed by atoms with E-state index in [2.05, 4.69) is 6.92 Å². The Morgan fingerprint density at radius 2 is 1.94 bits per heavy atom. The van der Waals surface area contributed by atoms with Crippen LogP contribution in [0.3, 0.4) is 0 Å². The van der Waals surface area contributed by atoms with Crippen LogP contribution in [0.2, 0.25) is 0 Å². The molecule has 4 heteroatoms. The van der Waals surface area contributed by atoms with Crippen molar-refractivity contribution in [3.05, 3.63) is 29.8 Å². The Morgan fingerprint density at radius 3 is 2.50 bits per heavy atom. The third kappa shape index (κ3) is 5.19. The minimum absolute atomic E-state index is 0.235. The summed E-state index contributed by atoms with van der Waals surface area (Å²) in [5.74, 6) is 0.266. The molecule has 1 aromatic carbocycles. The van der Waals surface area contributed by atoms with E-state index in [0.29, 0.717) is 18.3 Å². The van der Waals surface area contributed by atoms with E-state index in [1.54, 1.807) is 12.1 Å². The molecule has 0 saturated carbocycles. The van der Waals surface area contributed by atoms with Gasteiger partial charge in [-0.15, -0.1) is 0 Å². The van der Waals surface area contributed by atoms with Crippen LogP contribution < -0.4 is 4.74 Å². The molecule has 0 heterocycles. The van der Waals surface area contributed by atoms with Crippen LogP contribution in [0.15, 0.2) is 24.3 Å². The second-order valence-corrected chi connectivity index (χ2v) is 4.44. The number of aliphatic hydroxyl groups excluding tert-OH is 1. The van der Waals surface area contributed by atoms with Crippen LogP contribution in [0.5, 0.6) is 5.75 Å². The third-order valence-electron chi connectivity index (χ3n) is 2.83. The van der Waals surface area contributed by atoms with Gasteiger partial charge in [-0.1, -0.05) is 6.92 Å². The smallest absolute Gasteiger partial charge is 0.335 e. The number of ether oxygens (including phenoxy) is 1. The summed E-state index contributed by atoms with van der Waals surface area (Å²) >= 11 is 0. The number of hydrogen-bond donors (Lipinski definition) is 2. The Balaban J connectivity index is 2.25. The number of hydrogen-bond acceptors (Lipinski definition) is 3. The van der Waals surface area contributed by atoms with E-state index >= 15 is 0 Å². The van der Waals surface area contributed by atoms with Crippen LogP contribution in [-0.2, 0) is 0 Å². The van der Waals surface area contributed by atoms with Gasteiger partial charge in [0.25, 0.3) is 0 Å². The molecule has 0 saturated heterocycles. The molecule has 0 spiro atoms. The van der Waals surface area contributed by atoms with Gasteiger partial charge in [0.15, 0.2) is 0 Å². The molecule has 100 valence electrons. The summed E-state index contributed by atoms with van der Waals surface area (Å²) in [5.41, 5.74) is 0.263. The first-order valence-corrected chi connectivity index (χ1v) is 6.20. The topological polar surface area (TPSA) is 66.8 Å². The Labute approximate surface area is 107 Å². The van der Waals surface area contributed by atoms with Gasteiger partial charge < -0.3 is 14.9 Å². The number of carbonyl (C=O) groups is 1. The Hall–Kier alpha value is -1.55. The molecule has 0 radical (unpaired) electrons. The van der Waals surface area contributed by atoms with Gasteiger partial charge in [0.2, 0.25) is 0 Å². The highest BCUT2D eigenvalue weighted by Crippen LogP contribution is 2.14. The molecule has 0 amide bonds. The first kappa shape index (κ1) is 14.5. The quantitative estimate of drug-likeness (QED) is 0.698. The molecule has 0 aliphatic rings. The van der Waals surface area contributed by atoms with Crippen molar-refractivity contribution in [2.75, 3.05) is 13.2 Å². The maximum absolute atomic E-state index is 10.6. The minimum atomic E-state index is -0.931. The van der Waals surface area contributed by atoms with Crippen LogP contribution in [0, 0.1) is 5.92 Å². The molecule has 1 rings (SSSR count). The molecule has 0 aliphatic heterocycles. The lowest BCUT2D eigenvalue weighted by Crippen LogP contribution is -2.03. The number of aromatic carboxylic acids is 1. The highest BCUT2D eigenvalue weighted by molar-refractivity contribution is 5.87. The lowest BCUT2D eigenvalue weighted by atomic mass is 10.0. The van der Waals surface area contributed by atoms with Gasteiger partial charge in [0, 0.05) is 6.61 Å². The number of carboxylic acids is 1. The van der Waals surface area contributed by atoms with E-state index < -0.39 is 5.97 Å². The van der Waals surface area contributed by atoms with Crippen molar-refractivity contribution in [3.8, 4) is 5.75 Å². The Morgan fingerprint density at radius 1 is 1.28 bits per heavy atom. The van der Waals surface area contributed by atoms with E-state index in [1.807, 2.05) is 0 Å². The van der Waals surface area contributed by atoms with Crippen molar-refractivity contribution < 1.29 is 19.7 Å². The summed E-state index contributed by atoms with van der Waals surface area (Å²) in [6, 6.07) is 6.40. The summed E-state index contributed by atoms with van der Waals surface area (Å²) in [7, 11) is 0. The normalized spacial score (nSPS) is 12.1. The zero-order valence-corrected chi connectivity index (χ0v) is 10.6. The zero-order valence-electron chi connectivity index (χ0n) is 10.6. The van der Waals surface area contributed by atoms with Gasteiger partial charge in [-0.3, -0.25) is 0 Å². The van der Waals surface area contributed by atoms with Gasteiger partial charge in [-0.2, -0.15) is 0 Å². The van der Waals surface area contributed by atoms with E-state index in [-0.39, 0.29) is 12.2 Å². The average Bonchev–Trinajstić information content (AvgIpc) is 2.35. The SMILES string of the molecule is C[C@H](CCO)CCCOc1ccc(C(=O)O)cc1. The lowest BCUT2D eigenvalue weighted by Gasteiger charge is -2.10. The van der Waals surface area contributed by atoms with Crippen LogP contribution in [0.25, 0.3) is 0 Å². The molecule has 1 aromatic rings. The molecule has 0 fully saturated rings. The molecule has 0 aliphatic carbocycles. The van der Waals surface area contributed by atoms with Crippen molar-refractivity contribution in [2.45, 2.75) is 26.2 Å². The monoisotopic (exact) mass is 252 g/mol. The maximum Gasteiger partial charge on any atom is 0.335 e. The molecule has 0 bridgehead atoms. The molecule has 18 heavy (non-hydrogen) atoms. The molecule has 2 N–H and O–H groups in total. The van der Waals surface area contributed by atoms with E-state index in [0.717, 1.165) is 19.3 Å². The fourth-order valence-corrected chi connectivity index (χ4v) is 1.68. The fourth-order valence-electron chi connectivity index (χ4n) is 1.68. The first-order valence-electron chi connectivity index (χ1n) is 6.20. The van der Waals surface area contributed by atoms with Gasteiger partial charge in [-0.05, 0) is 49.4 Å². The molecular formula is C14H20O4. The molecule has 0 unspecified atom stereocenters. The maximum atomic E-state index is 10.6. The summed E-state index contributed by atoms with van der Waals surface area (Å²) in [6.45, 7) is 2.96. The predicted octanol–water partition coefficient (Wildman–Crippen LogP) is 2.56. The van der Waals surface area contributed by atoms with Crippen LogP contribution in [0.1, 0.15) is 36.5 Å². The predicted molar refractivity (Wildman–Crippen MR) is 69.0 cm³/mol. The third-order valence-corrected chi connectivity index (χ3v) is 2.83. The van der Waals surface area contributed by atoms with E-state index in [4.69, 9.17) is 14.9 Å². The van der Waals surface area contributed by atoms with Crippen molar-refractivity contribution in [1.82, 2.24) is 0 Å². The van der Waals surface area contributed by atoms with Gasteiger partial charge in [-0.25, -0.2) is 4.79 Å². The van der Waals surface area contributed by atoms with Crippen molar-refractivity contribution in [3.63, 3.8) is 0 Å². The molecule has 0 aromatic heterocycles. The van der Waals surface area contributed by atoms with Gasteiger partial charge in [0.1, 0.15) is 5.75 Å². The second kappa shape index (κ2) is 7.71. The summed E-state index contributed by atoms with van der Waals surface area (Å²) < 4.78 is 5.51. The Kier molecular flexibility index (Phi) is 6.22. The van der Waals surface area contributed by atoms with Gasteiger partial charge >= 0.3 is 5.97 Å². The Bertz CT molecular complexity index is 359. The van der Waals surface area contributed by atoms with E-state index in [9.17, 15) is 4.79 Å². The molecular weight excluding hydrogens is 232 g/mol. The molecule has 4 nitrogen and oxygen atoms in total. The number of aliphatic hydroxyl groups is 1. The van der Waals surface area contributed by atoms with Crippen molar-refractivity contribution in [2.24, 2.45) is 5.92 Å². The van der Waals surface area contributed by atoms with Crippen LogP contribution in [-0.4, -0.2) is 29.4 Å². The lowest BCUT2D eigenvalue weighted by molar-refractivity contribution is 0.0697. The summed E-state index contributed by atoms with van der Waals surface area (Å²) in [6.07, 6.45) is 2.78. The summed E-state index contributed by atoms with van der Waals surface area (Å²) in [5, 5.41) is 17.5. The van der Waals surface area contributed by atoms with E-state index in [1.165, 1.54) is 12.1 Å². The fraction of sp³-hybridized carbons (Fsp3) is 0.500. The van der Waals surface area contributed by atoms with Crippen LogP contribution >= 0.6 is 0 Å². The highest BCUT2D eigenvalue weighted by Gasteiger charge is 2.03. The molecule has 1 atom stereocenters. The minimum Gasteiger partial charge on any atom is -0.494 e. The second-order valence-electron chi connectivity index (χ2n) is 4.44. The standard InChI is InChI=1S/C14H20O4/c1-11(8-9-15)3-2-10-18-13-6-4-12(5-7-13)14(16)17/h4-7,11,15H,2-3,8-10H2,1H3,(H,16,17)/t11-/m0/s1. The summed E-state index contributed by atoms with van der Waals surface area (Å²) in [4.78, 5) is 10.6. The highest BCUT2D eigenvalue weighted by atomic mass is 16.5. The van der Waals surface area contributed by atoms with Crippen molar-refractivity contribution in [1.29, 1.82) is 0 Å². The number of rotatable bonds is 8. The number of carboxylic acid groups (broad SMARTS) is 1. The van der Waals surface area contributed by atoms with Gasteiger partial charge in [0.05, 0.1) is 12.2 Å². The largest absolute Gasteiger partial charge is 0.494 e.